The quantitative estimate of drug-likeness (QED) is 0.0998. The van der Waals surface area contributed by atoms with E-state index in [1.54, 1.807) is 0 Å². The molecule has 0 heterocycles. The molecule has 0 unspecified atom stereocenters. The van der Waals surface area contributed by atoms with Gasteiger partial charge in [0.25, 0.3) is 0 Å². The first-order chi connectivity index (χ1) is 20.8. The number of carbonyl (C=O) groups is 2. The molecule has 15 heteroatoms. The van der Waals surface area contributed by atoms with Crippen molar-refractivity contribution in [3.05, 3.63) is 0 Å². The number of rotatable bonds is 23. The molecule has 0 aromatic carbocycles. The average molecular weight is 644 g/mol. The van der Waals surface area contributed by atoms with Gasteiger partial charge in [-0.1, -0.05) is 6.92 Å². The molecule has 0 saturated heterocycles. The van der Waals surface area contributed by atoms with Crippen LogP contribution in [0.1, 0.15) is 54.9 Å². The van der Waals surface area contributed by atoms with Crippen LogP contribution < -0.4 is 27.8 Å². The van der Waals surface area contributed by atoms with Gasteiger partial charge in [-0.05, 0) is 48.0 Å². The molecule has 0 aliphatic heterocycles. The van der Waals surface area contributed by atoms with Crippen LogP contribution in [0.4, 0.5) is 9.59 Å². The van der Waals surface area contributed by atoms with E-state index in [2.05, 4.69) is 17.6 Å². The highest BCUT2D eigenvalue weighted by Gasteiger charge is 2.16. The average Bonchev–Trinajstić information content (AvgIpc) is 2.92. The first kappa shape index (κ1) is 46.6. The lowest BCUT2D eigenvalue weighted by Gasteiger charge is -2.19. The molecule has 0 aliphatic carbocycles. The van der Waals surface area contributed by atoms with Crippen LogP contribution in [0.2, 0.25) is 0 Å². The van der Waals surface area contributed by atoms with Crippen molar-refractivity contribution >= 4 is 12.2 Å². The van der Waals surface area contributed by atoms with E-state index in [1.807, 2.05) is 41.5 Å². The smallest absolute Gasteiger partial charge is 0.407 e. The molecule has 44 heavy (non-hydrogen) atoms. The third-order valence-corrected chi connectivity index (χ3v) is 4.08. The minimum absolute atomic E-state index is 0.414. The summed E-state index contributed by atoms with van der Waals surface area (Å²) in [5.74, 6) is 0. The van der Waals surface area contributed by atoms with Crippen molar-refractivity contribution in [1.82, 2.24) is 10.6 Å². The van der Waals surface area contributed by atoms with Crippen molar-refractivity contribution in [2.24, 2.45) is 17.2 Å². The summed E-state index contributed by atoms with van der Waals surface area (Å²) in [4.78, 5) is 22.4. The summed E-state index contributed by atoms with van der Waals surface area (Å²) in [5, 5.41) is 5.21. The number of nitrogens with one attached hydrogen (secondary N) is 2. The summed E-state index contributed by atoms with van der Waals surface area (Å²) < 4.78 is 41.0. The van der Waals surface area contributed by atoms with Crippen molar-refractivity contribution in [2.75, 3.05) is 112 Å². The zero-order valence-corrected chi connectivity index (χ0v) is 28.5. The lowest BCUT2D eigenvalue weighted by Crippen LogP contribution is -2.34. The summed E-state index contributed by atoms with van der Waals surface area (Å²) >= 11 is 0. The molecule has 0 saturated carbocycles. The van der Waals surface area contributed by atoms with E-state index in [9.17, 15) is 9.59 Å². The largest absolute Gasteiger partial charge is 0.444 e. The molecule has 0 aromatic heterocycles. The normalized spacial score (nSPS) is 11.0. The Kier molecular flexibility index (Phi) is 36.1. The van der Waals surface area contributed by atoms with Gasteiger partial charge < -0.3 is 65.7 Å². The van der Waals surface area contributed by atoms with Gasteiger partial charge in [0.1, 0.15) is 11.2 Å². The van der Waals surface area contributed by atoms with Crippen molar-refractivity contribution in [3.63, 3.8) is 0 Å². The zero-order valence-electron chi connectivity index (χ0n) is 28.5. The fourth-order valence-corrected chi connectivity index (χ4v) is 2.44. The van der Waals surface area contributed by atoms with Crippen LogP contribution in [0.15, 0.2) is 0 Å². The SMILES string of the molecule is CC(C)(C)OC(=O)NCCOCCOCCN.CCCOCCOCCNC(=O)OC(C)(C)C.NCCOCCOCCN. The lowest BCUT2D eigenvalue weighted by molar-refractivity contribution is 0.0397. The van der Waals surface area contributed by atoms with E-state index in [4.69, 9.17) is 55.1 Å². The van der Waals surface area contributed by atoms with Gasteiger partial charge in [0.15, 0.2) is 0 Å². The topological polar surface area (TPSA) is 210 Å². The predicted molar refractivity (Wildman–Crippen MR) is 171 cm³/mol. The zero-order chi connectivity index (χ0) is 34.0. The van der Waals surface area contributed by atoms with Crippen molar-refractivity contribution in [3.8, 4) is 0 Å². The predicted octanol–water partition coefficient (Wildman–Crippen LogP) is 1.39. The van der Waals surface area contributed by atoms with Gasteiger partial charge in [-0.25, -0.2) is 9.59 Å². The van der Waals surface area contributed by atoms with Crippen molar-refractivity contribution in [1.29, 1.82) is 0 Å². The third-order valence-electron chi connectivity index (χ3n) is 4.08. The second kappa shape index (κ2) is 34.1. The maximum atomic E-state index is 11.2. The second-order valence-corrected chi connectivity index (χ2v) is 10.9. The minimum Gasteiger partial charge on any atom is -0.444 e. The van der Waals surface area contributed by atoms with Crippen LogP contribution >= 0.6 is 0 Å². The number of hydrogen-bond donors (Lipinski definition) is 5. The Bertz CT molecular complexity index is 568. The van der Waals surface area contributed by atoms with Crippen LogP contribution in [0.3, 0.4) is 0 Å². The van der Waals surface area contributed by atoms with Crippen LogP contribution in [0, 0.1) is 0 Å². The van der Waals surface area contributed by atoms with E-state index in [0.717, 1.165) is 13.0 Å². The monoisotopic (exact) mass is 643 g/mol. The number of amides is 2. The number of nitrogens with two attached hydrogens (primary N) is 3. The van der Waals surface area contributed by atoms with Gasteiger partial charge in [-0.3, -0.25) is 0 Å². The van der Waals surface area contributed by atoms with Gasteiger partial charge in [-0.15, -0.1) is 0 Å². The van der Waals surface area contributed by atoms with Crippen LogP contribution in [0.5, 0.6) is 0 Å². The molecule has 2 amide bonds. The number of alkyl carbamates (subject to hydrolysis) is 2. The minimum atomic E-state index is -0.471. The molecule has 0 aliphatic rings. The molecule has 0 spiro atoms. The standard InChI is InChI=1S/C12H25NO4.C11H24N2O4.C6H16N2O2/c1-5-7-15-9-10-16-8-6-13-11(14)17-12(2,3)4;1-11(2,3)17-10(14)13-5-7-16-9-8-15-6-4-12;7-1-3-9-5-6-10-4-2-8/h5-10H2,1-4H3,(H,13,14);4-9,12H2,1-3H3,(H,13,14);1-8H2. The maximum Gasteiger partial charge on any atom is 0.407 e. The highest BCUT2D eigenvalue weighted by molar-refractivity contribution is 5.67. The summed E-state index contributed by atoms with van der Waals surface area (Å²) in [6, 6.07) is 0. The molecule has 0 fully saturated rings. The lowest BCUT2D eigenvalue weighted by atomic mass is 10.2. The first-order valence-corrected chi connectivity index (χ1v) is 15.3. The van der Waals surface area contributed by atoms with Crippen LogP contribution in [0.25, 0.3) is 0 Å². The van der Waals surface area contributed by atoms with E-state index in [1.165, 1.54) is 0 Å². The summed E-state index contributed by atoms with van der Waals surface area (Å²) in [6.07, 6.45) is 0.170. The van der Waals surface area contributed by atoms with Gasteiger partial charge >= 0.3 is 12.2 Å². The van der Waals surface area contributed by atoms with E-state index in [0.29, 0.717) is 105 Å². The number of carbonyl (C=O) groups excluding carboxylic acids is 2. The molecule has 0 rings (SSSR count). The van der Waals surface area contributed by atoms with Crippen LogP contribution in [-0.4, -0.2) is 135 Å². The highest BCUT2D eigenvalue weighted by atomic mass is 16.6. The number of hydrogen-bond acceptors (Lipinski definition) is 13. The maximum absolute atomic E-state index is 11.2. The molecule has 0 bridgehead atoms. The Labute approximate surface area is 265 Å². The fraction of sp³-hybridized carbons (Fsp3) is 0.931. The Morgan fingerprint density at radius 2 is 0.750 bits per heavy atom. The molecule has 8 N–H and O–H groups in total. The Morgan fingerprint density at radius 3 is 1.00 bits per heavy atom. The van der Waals surface area contributed by atoms with Crippen molar-refractivity contribution < 1.29 is 47.5 Å². The summed E-state index contributed by atoms with van der Waals surface area (Å²) in [6.45, 7) is 22.3. The summed E-state index contributed by atoms with van der Waals surface area (Å²) in [7, 11) is 0. The number of ether oxygens (including phenoxy) is 8. The second-order valence-electron chi connectivity index (χ2n) is 10.9. The molecule has 15 nitrogen and oxygen atoms in total. The van der Waals surface area contributed by atoms with Gasteiger partial charge in [0, 0.05) is 39.3 Å². The molecular formula is C29H65N5O10. The van der Waals surface area contributed by atoms with E-state index >= 15 is 0 Å². The molecule has 0 atom stereocenters. The van der Waals surface area contributed by atoms with Crippen molar-refractivity contribution in [2.45, 2.75) is 66.1 Å². The molecule has 0 radical (unpaired) electrons. The van der Waals surface area contributed by atoms with Gasteiger partial charge in [0.05, 0.1) is 72.7 Å². The Hall–Kier alpha value is -1.82. The van der Waals surface area contributed by atoms with E-state index < -0.39 is 23.4 Å². The fourth-order valence-electron chi connectivity index (χ4n) is 2.44. The van der Waals surface area contributed by atoms with Crippen LogP contribution in [-0.2, 0) is 37.9 Å². The molecule has 0 aromatic rings. The van der Waals surface area contributed by atoms with Gasteiger partial charge in [0.2, 0.25) is 0 Å². The van der Waals surface area contributed by atoms with Gasteiger partial charge in [-0.2, -0.15) is 0 Å². The Morgan fingerprint density at radius 1 is 0.477 bits per heavy atom. The molecule has 266 valence electrons. The highest BCUT2D eigenvalue weighted by Crippen LogP contribution is 2.06. The first-order valence-electron chi connectivity index (χ1n) is 15.3. The summed E-state index contributed by atoms with van der Waals surface area (Å²) in [5.41, 5.74) is 14.7. The van der Waals surface area contributed by atoms with E-state index in [-0.39, 0.29) is 0 Å². The Balaban J connectivity index is -0.000000594. The molecular weight excluding hydrogens is 578 g/mol. The third kappa shape index (κ3) is 49.8.